The number of carbonyl (C=O) groups is 2. The van der Waals surface area contributed by atoms with Gasteiger partial charge in [0, 0.05) is 18.6 Å². The van der Waals surface area contributed by atoms with E-state index in [0.717, 1.165) is 36.4 Å². The zero-order valence-corrected chi connectivity index (χ0v) is 11.6. The van der Waals surface area contributed by atoms with Crippen LogP contribution in [0.25, 0.3) is 0 Å². The molecule has 1 heterocycles. The van der Waals surface area contributed by atoms with Crippen LogP contribution in [0.4, 0.5) is 36.4 Å². The van der Waals surface area contributed by atoms with Crippen molar-refractivity contribution in [3.63, 3.8) is 0 Å². The predicted octanol–water partition coefficient (Wildman–Crippen LogP) is 3.49. The van der Waals surface area contributed by atoms with Crippen LogP contribution in [0.15, 0.2) is 36.4 Å². The predicted molar refractivity (Wildman–Crippen MR) is 67.7 cm³/mol. The molecule has 0 unspecified atom stereocenters. The lowest BCUT2D eigenvalue weighted by molar-refractivity contribution is -0.354. The quantitative estimate of drug-likeness (QED) is 0.613. The smallest absolute Gasteiger partial charge is 0.269 e. The number of nitrogens with zero attached hydrogens (tertiary/aromatic N) is 1. The summed E-state index contributed by atoms with van der Waals surface area (Å²) >= 11 is 0. The lowest BCUT2D eigenvalue weighted by Gasteiger charge is -2.28. The van der Waals surface area contributed by atoms with Crippen molar-refractivity contribution in [3.05, 3.63) is 42.0 Å². The normalized spacial score (nSPS) is 16.2. The number of benzene rings is 1. The lowest BCUT2D eigenvalue weighted by atomic mass is 10.0. The van der Waals surface area contributed by atoms with Crippen molar-refractivity contribution in [2.75, 3.05) is 4.90 Å². The maximum Gasteiger partial charge on any atom is 0.459 e. The molecule has 0 fully saturated rings. The number of imide groups is 1. The van der Waals surface area contributed by atoms with Gasteiger partial charge in [0.15, 0.2) is 0 Å². The summed E-state index contributed by atoms with van der Waals surface area (Å²) in [5.74, 6) is -12.9. The Kier molecular flexibility index (Phi) is 4.19. The largest absolute Gasteiger partial charge is 0.459 e. The molecule has 130 valence electrons. The average molecular weight is 355 g/mol. The van der Waals surface area contributed by atoms with E-state index in [9.17, 15) is 40.3 Å². The van der Waals surface area contributed by atoms with Crippen molar-refractivity contribution in [1.82, 2.24) is 0 Å². The molecule has 1 aliphatic rings. The molecule has 0 radical (unpaired) electrons. The molecule has 3 nitrogen and oxygen atoms in total. The molecule has 24 heavy (non-hydrogen) atoms. The summed E-state index contributed by atoms with van der Waals surface area (Å²) in [6, 6.07) is 3.68. The van der Waals surface area contributed by atoms with Crippen LogP contribution in [-0.2, 0) is 16.0 Å². The molecule has 0 spiro atoms. The van der Waals surface area contributed by atoms with Crippen LogP contribution in [0.5, 0.6) is 0 Å². The minimum Gasteiger partial charge on any atom is -0.269 e. The molecule has 1 aromatic carbocycles. The minimum atomic E-state index is -6.39. The molecule has 0 aliphatic carbocycles. The van der Waals surface area contributed by atoms with Gasteiger partial charge in [0.25, 0.3) is 11.8 Å². The standard InChI is InChI=1S/C14H8F7NO2/c15-12(16,13(17,18)14(19,20)21)7-8-1-3-9(4-2-8)22-10(23)5-6-11(22)24/h1-6H,7H2. The van der Waals surface area contributed by atoms with Crippen LogP contribution in [0, 0.1) is 0 Å². The topological polar surface area (TPSA) is 37.4 Å². The summed E-state index contributed by atoms with van der Waals surface area (Å²) in [6.07, 6.45) is -6.32. The van der Waals surface area contributed by atoms with Crippen LogP contribution in [0.1, 0.15) is 5.56 Å². The monoisotopic (exact) mass is 355 g/mol. The SMILES string of the molecule is O=C1C=CC(=O)N1c1ccc(CC(F)(F)C(F)(F)C(F)(F)F)cc1. The van der Waals surface area contributed by atoms with Crippen molar-refractivity contribution in [2.24, 2.45) is 0 Å². The number of halogens is 7. The van der Waals surface area contributed by atoms with Gasteiger partial charge in [-0.05, 0) is 17.7 Å². The fourth-order valence-corrected chi connectivity index (χ4v) is 1.99. The molecule has 0 saturated carbocycles. The maximum atomic E-state index is 13.3. The molecular formula is C14H8F7NO2. The molecule has 0 saturated heterocycles. The second-order valence-electron chi connectivity index (χ2n) is 4.97. The van der Waals surface area contributed by atoms with Gasteiger partial charge in [-0.15, -0.1) is 0 Å². The fourth-order valence-electron chi connectivity index (χ4n) is 1.99. The first kappa shape index (κ1) is 18.0. The van der Waals surface area contributed by atoms with E-state index in [1.54, 1.807) is 0 Å². The van der Waals surface area contributed by atoms with Crippen molar-refractivity contribution in [3.8, 4) is 0 Å². The third-order valence-corrected chi connectivity index (χ3v) is 3.25. The van der Waals surface area contributed by atoms with Crippen LogP contribution in [0.2, 0.25) is 0 Å². The second kappa shape index (κ2) is 5.60. The Hall–Kier alpha value is -2.39. The summed E-state index contributed by atoms with van der Waals surface area (Å²) in [5, 5.41) is 0. The number of rotatable bonds is 4. The van der Waals surface area contributed by atoms with Gasteiger partial charge < -0.3 is 0 Å². The maximum absolute atomic E-state index is 13.3. The highest BCUT2D eigenvalue weighted by Crippen LogP contribution is 2.47. The number of hydrogen-bond donors (Lipinski definition) is 0. The van der Waals surface area contributed by atoms with Crippen molar-refractivity contribution >= 4 is 17.5 Å². The minimum absolute atomic E-state index is 0.0235. The van der Waals surface area contributed by atoms with E-state index in [2.05, 4.69) is 0 Å². The molecule has 2 amide bonds. The highest BCUT2D eigenvalue weighted by Gasteiger charge is 2.72. The Labute approximate surface area is 130 Å². The van der Waals surface area contributed by atoms with Gasteiger partial charge in [0.05, 0.1) is 5.69 Å². The zero-order chi connectivity index (χ0) is 18.3. The number of anilines is 1. The first-order chi connectivity index (χ1) is 10.9. The van der Waals surface area contributed by atoms with E-state index in [1.165, 1.54) is 0 Å². The number of carbonyl (C=O) groups excluding carboxylic acids is 2. The first-order valence-electron chi connectivity index (χ1n) is 6.34. The second-order valence-corrected chi connectivity index (χ2v) is 4.97. The third kappa shape index (κ3) is 3.00. The van der Waals surface area contributed by atoms with Gasteiger partial charge in [-0.2, -0.15) is 30.7 Å². The van der Waals surface area contributed by atoms with Gasteiger partial charge >= 0.3 is 18.0 Å². The van der Waals surface area contributed by atoms with E-state index in [0.29, 0.717) is 4.90 Å². The molecule has 1 aliphatic heterocycles. The average Bonchev–Trinajstić information content (AvgIpc) is 2.77. The van der Waals surface area contributed by atoms with Gasteiger partial charge in [-0.3, -0.25) is 9.59 Å². The van der Waals surface area contributed by atoms with Crippen molar-refractivity contribution in [1.29, 1.82) is 0 Å². The molecule has 0 aromatic heterocycles. The summed E-state index contributed by atoms with van der Waals surface area (Å²) < 4.78 is 88.5. The highest BCUT2D eigenvalue weighted by atomic mass is 19.4. The molecule has 1 aromatic rings. The van der Waals surface area contributed by atoms with Gasteiger partial charge in [-0.1, -0.05) is 12.1 Å². The lowest BCUT2D eigenvalue weighted by Crippen LogP contribution is -2.53. The molecule has 0 N–H and O–H groups in total. The Morgan fingerprint density at radius 3 is 1.67 bits per heavy atom. The molecular weight excluding hydrogens is 347 g/mol. The van der Waals surface area contributed by atoms with Crippen LogP contribution in [-0.4, -0.2) is 29.8 Å². The van der Waals surface area contributed by atoms with Crippen LogP contribution in [0.3, 0.4) is 0 Å². The Bertz CT molecular complexity index is 674. The Morgan fingerprint density at radius 2 is 1.25 bits per heavy atom. The number of alkyl halides is 7. The Balaban J connectivity index is 2.20. The molecule has 0 atom stereocenters. The number of hydrogen-bond acceptors (Lipinski definition) is 2. The van der Waals surface area contributed by atoms with Crippen molar-refractivity contribution in [2.45, 2.75) is 24.4 Å². The Morgan fingerprint density at radius 1 is 0.792 bits per heavy atom. The summed E-state index contributed by atoms with van der Waals surface area (Å²) in [7, 11) is 0. The first-order valence-corrected chi connectivity index (χ1v) is 6.34. The summed E-state index contributed by atoms with van der Waals surface area (Å²) in [4.78, 5) is 23.5. The highest BCUT2D eigenvalue weighted by molar-refractivity contribution is 6.28. The molecule has 0 bridgehead atoms. The van der Waals surface area contributed by atoms with Crippen LogP contribution < -0.4 is 4.90 Å². The van der Waals surface area contributed by atoms with Gasteiger partial charge in [0.2, 0.25) is 0 Å². The zero-order valence-electron chi connectivity index (χ0n) is 11.6. The van der Waals surface area contributed by atoms with E-state index in [1.807, 2.05) is 0 Å². The van der Waals surface area contributed by atoms with Gasteiger partial charge in [-0.25, -0.2) is 4.90 Å². The van der Waals surface area contributed by atoms with E-state index >= 15 is 0 Å². The fraction of sp³-hybridized carbons (Fsp3) is 0.286. The van der Waals surface area contributed by atoms with E-state index in [-0.39, 0.29) is 5.69 Å². The van der Waals surface area contributed by atoms with Crippen LogP contribution >= 0.6 is 0 Å². The van der Waals surface area contributed by atoms with Gasteiger partial charge in [0.1, 0.15) is 0 Å². The molecule has 10 heteroatoms. The third-order valence-electron chi connectivity index (χ3n) is 3.25. The summed E-state index contributed by atoms with van der Waals surface area (Å²) in [6.45, 7) is 0. The van der Waals surface area contributed by atoms with E-state index < -0.39 is 41.8 Å². The molecule has 2 rings (SSSR count). The van der Waals surface area contributed by atoms with Crippen molar-refractivity contribution < 1.29 is 40.3 Å². The summed E-state index contributed by atoms with van der Waals surface area (Å²) in [5.41, 5.74) is -0.538. The van der Waals surface area contributed by atoms with E-state index in [4.69, 9.17) is 0 Å². The number of amides is 2.